The van der Waals surface area contributed by atoms with E-state index < -0.39 is 8.07 Å². The maximum atomic E-state index is 13.5. The third-order valence-corrected chi connectivity index (χ3v) is 7.66. The van der Waals surface area contributed by atoms with E-state index in [1.54, 1.807) is 36.7 Å². The Morgan fingerprint density at radius 3 is 2.50 bits per heavy atom. The summed E-state index contributed by atoms with van der Waals surface area (Å²) < 4.78 is 13.6. The molecule has 2 heterocycles. The van der Waals surface area contributed by atoms with Gasteiger partial charge in [0.25, 0.3) is 0 Å². The summed E-state index contributed by atoms with van der Waals surface area (Å²) in [5.74, 6) is 0.940. The Kier molecular flexibility index (Phi) is 7.43. The summed E-state index contributed by atoms with van der Waals surface area (Å²) in [6.45, 7) is 7.88. The van der Waals surface area contributed by atoms with Gasteiger partial charge in [0.05, 0.1) is 15.6 Å². The maximum Gasteiger partial charge on any atom is 0.195 e. The van der Waals surface area contributed by atoms with Gasteiger partial charge in [-0.1, -0.05) is 61.0 Å². The highest BCUT2D eigenvalue weighted by atomic mass is 35.5. The van der Waals surface area contributed by atoms with Crippen LogP contribution in [0.15, 0.2) is 67.0 Å². The van der Waals surface area contributed by atoms with E-state index in [-0.39, 0.29) is 5.78 Å². The number of para-hydroxylation sites is 1. The summed E-state index contributed by atoms with van der Waals surface area (Å²) in [4.78, 5) is 17.9. The molecule has 4 rings (SSSR count). The third kappa shape index (κ3) is 5.70. The van der Waals surface area contributed by atoms with Gasteiger partial charge in [-0.2, -0.15) is 0 Å². The summed E-state index contributed by atoms with van der Waals surface area (Å²) in [6, 6.07) is 17.1. The van der Waals surface area contributed by atoms with Crippen molar-refractivity contribution >= 4 is 48.1 Å². The summed E-state index contributed by atoms with van der Waals surface area (Å²) in [5.41, 5.74) is 1.50. The minimum absolute atomic E-state index is 0.200. The van der Waals surface area contributed by atoms with E-state index in [4.69, 9.17) is 32.7 Å². The van der Waals surface area contributed by atoms with Gasteiger partial charge in [-0.05, 0) is 42.4 Å². The molecule has 176 valence electrons. The first-order valence-corrected chi connectivity index (χ1v) is 15.5. The van der Waals surface area contributed by atoms with Crippen molar-refractivity contribution in [2.24, 2.45) is 0 Å². The first-order chi connectivity index (χ1) is 16.2. The monoisotopic (exact) mass is 512 g/mol. The molecule has 34 heavy (non-hydrogen) atoms. The zero-order valence-electron chi connectivity index (χ0n) is 19.3. The second-order valence-corrected chi connectivity index (χ2v) is 15.7. The SMILES string of the molecule is C[Si](C)(C)CCOCn1cc(C(=O)c2ccc(Oc3ccccc3)c(Cl)c2)c2c(Cl)ccnc21. The Morgan fingerprint density at radius 2 is 1.79 bits per heavy atom. The van der Waals surface area contributed by atoms with Crippen molar-refractivity contribution in [2.75, 3.05) is 6.61 Å². The van der Waals surface area contributed by atoms with Crippen molar-refractivity contribution in [1.82, 2.24) is 9.55 Å². The van der Waals surface area contributed by atoms with E-state index in [1.165, 1.54) is 0 Å². The molecular weight excluding hydrogens is 487 g/mol. The lowest BCUT2D eigenvalue weighted by atomic mass is 10.0. The second kappa shape index (κ2) is 10.3. The molecule has 0 amide bonds. The average molecular weight is 513 g/mol. The number of benzene rings is 2. The van der Waals surface area contributed by atoms with Crippen LogP contribution in [0.25, 0.3) is 11.0 Å². The first kappa shape index (κ1) is 24.5. The lowest BCUT2D eigenvalue weighted by Crippen LogP contribution is -2.22. The van der Waals surface area contributed by atoms with Crippen molar-refractivity contribution in [3.8, 4) is 11.5 Å². The lowest BCUT2D eigenvalue weighted by Gasteiger charge is -2.15. The number of pyridine rings is 1. The third-order valence-electron chi connectivity index (χ3n) is 5.34. The van der Waals surface area contributed by atoms with Crippen LogP contribution < -0.4 is 4.74 Å². The molecule has 2 aromatic carbocycles. The maximum absolute atomic E-state index is 13.5. The average Bonchev–Trinajstić information content (AvgIpc) is 3.17. The van der Waals surface area contributed by atoms with Gasteiger partial charge in [-0.25, -0.2) is 4.98 Å². The molecule has 2 aromatic heterocycles. The van der Waals surface area contributed by atoms with Gasteiger partial charge < -0.3 is 14.0 Å². The fourth-order valence-electron chi connectivity index (χ4n) is 3.48. The van der Waals surface area contributed by atoms with Crippen LogP contribution in [0.2, 0.25) is 35.7 Å². The van der Waals surface area contributed by atoms with E-state index in [0.717, 1.165) is 6.04 Å². The second-order valence-electron chi connectivity index (χ2n) is 9.24. The number of hydrogen-bond acceptors (Lipinski definition) is 4. The molecule has 0 unspecified atom stereocenters. The van der Waals surface area contributed by atoms with Gasteiger partial charge in [-0.15, -0.1) is 0 Å². The number of halogens is 2. The van der Waals surface area contributed by atoms with E-state index in [1.807, 2.05) is 34.9 Å². The van der Waals surface area contributed by atoms with E-state index in [0.29, 0.717) is 57.0 Å². The van der Waals surface area contributed by atoms with E-state index in [9.17, 15) is 4.79 Å². The molecule has 0 saturated carbocycles. The van der Waals surface area contributed by atoms with Gasteiger partial charge in [0, 0.05) is 38.0 Å². The number of fused-ring (bicyclic) bond motifs is 1. The number of rotatable bonds is 9. The summed E-state index contributed by atoms with van der Waals surface area (Å²) >= 11 is 12.9. The molecule has 0 aliphatic carbocycles. The molecule has 0 radical (unpaired) electrons. The standard InChI is InChI=1S/C26H26Cl2N2O3Si/c1-34(2,3)14-13-32-17-30-16-20(24-21(27)11-12-29-26(24)30)25(31)18-9-10-23(22(28)15-18)33-19-7-5-4-6-8-19/h4-12,15-16H,13-14,17H2,1-3H3. The normalized spacial score (nSPS) is 11.7. The molecule has 0 fully saturated rings. The van der Waals surface area contributed by atoms with Crippen molar-refractivity contribution in [3.05, 3.63) is 88.2 Å². The van der Waals surface area contributed by atoms with Gasteiger partial charge in [0.1, 0.15) is 23.9 Å². The van der Waals surface area contributed by atoms with Crippen molar-refractivity contribution < 1.29 is 14.3 Å². The number of hydrogen-bond donors (Lipinski definition) is 0. The molecule has 8 heteroatoms. The van der Waals surface area contributed by atoms with Crippen LogP contribution in [-0.2, 0) is 11.5 Å². The summed E-state index contributed by atoms with van der Waals surface area (Å²) in [5, 5.41) is 1.41. The highest BCUT2D eigenvalue weighted by molar-refractivity contribution is 6.76. The molecule has 4 aromatic rings. The van der Waals surface area contributed by atoms with E-state index >= 15 is 0 Å². The van der Waals surface area contributed by atoms with Gasteiger partial charge >= 0.3 is 0 Å². The smallest absolute Gasteiger partial charge is 0.195 e. The summed E-state index contributed by atoms with van der Waals surface area (Å²) in [7, 11) is -1.20. The predicted molar refractivity (Wildman–Crippen MR) is 140 cm³/mol. The van der Waals surface area contributed by atoms with Crippen LogP contribution in [0.4, 0.5) is 0 Å². The fourth-order valence-corrected chi connectivity index (χ4v) is 4.70. The van der Waals surface area contributed by atoms with Crippen LogP contribution in [0.3, 0.4) is 0 Å². The van der Waals surface area contributed by atoms with Gasteiger partial charge in [0.2, 0.25) is 0 Å². The Bertz CT molecular complexity index is 1320. The van der Waals surface area contributed by atoms with E-state index in [2.05, 4.69) is 24.6 Å². The molecular formula is C26H26Cl2N2O3Si. The Morgan fingerprint density at radius 1 is 1.03 bits per heavy atom. The molecule has 0 saturated heterocycles. The van der Waals surface area contributed by atoms with Crippen molar-refractivity contribution in [3.63, 3.8) is 0 Å². The number of carbonyl (C=O) groups excluding carboxylic acids is 1. The minimum Gasteiger partial charge on any atom is -0.456 e. The van der Waals surface area contributed by atoms with Crippen LogP contribution in [0, 0.1) is 0 Å². The van der Waals surface area contributed by atoms with Crippen LogP contribution in [0.5, 0.6) is 11.5 Å². The summed E-state index contributed by atoms with van der Waals surface area (Å²) in [6.07, 6.45) is 3.38. The Labute approximate surface area is 210 Å². The molecule has 0 aliphatic heterocycles. The van der Waals surface area contributed by atoms with Crippen LogP contribution in [-0.4, -0.2) is 30.0 Å². The van der Waals surface area contributed by atoms with Crippen molar-refractivity contribution in [2.45, 2.75) is 32.4 Å². The van der Waals surface area contributed by atoms with Crippen LogP contribution in [0.1, 0.15) is 15.9 Å². The first-order valence-electron chi connectivity index (χ1n) is 11.0. The van der Waals surface area contributed by atoms with Crippen molar-refractivity contribution in [1.29, 1.82) is 0 Å². The number of nitrogens with zero attached hydrogens (tertiary/aromatic N) is 2. The number of carbonyl (C=O) groups is 1. The molecule has 0 N–H and O–H groups in total. The highest BCUT2D eigenvalue weighted by Crippen LogP contribution is 2.33. The zero-order chi connectivity index (χ0) is 24.3. The predicted octanol–water partition coefficient (Wildman–Crippen LogP) is 7.68. The van der Waals surface area contributed by atoms with Gasteiger partial charge in [-0.3, -0.25) is 4.79 Å². The molecule has 0 aliphatic rings. The molecule has 0 atom stereocenters. The molecule has 0 bridgehead atoms. The number of ether oxygens (including phenoxy) is 2. The topological polar surface area (TPSA) is 53.4 Å². The van der Waals surface area contributed by atoms with Gasteiger partial charge in [0.15, 0.2) is 5.78 Å². The molecule has 0 spiro atoms. The zero-order valence-corrected chi connectivity index (χ0v) is 21.9. The fraction of sp³-hybridized carbons (Fsp3) is 0.231. The largest absolute Gasteiger partial charge is 0.456 e. The Balaban J connectivity index is 1.60. The Hall–Kier alpha value is -2.64. The minimum atomic E-state index is -1.20. The number of ketones is 1. The van der Waals surface area contributed by atoms with Crippen LogP contribution >= 0.6 is 23.2 Å². The quantitative estimate of drug-likeness (QED) is 0.131. The molecule has 5 nitrogen and oxygen atoms in total. The lowest BCUT2D eigenvalue weighted by molar-refractivity contribution is 0.0896. The number of aromatic nitrogens is 2. The highest BCUT2D eigenvalue weighted by Gasteiger charge is 2.21.